The number of hydrogen-bond donors (Lipinski definition) is 0. The first kappa shape index (κ1) is 42.5. The highest BCUT2D eigenvalue weighted by Crippen LogP contribution is 2.56. The standard InChI is InChI=1S/C60H60N2O2/c1-39(2)41-21-29-47(30-22-41)61(49-33-25-45(26-34-49)59(5,6)7)55-53-51(43-17-13-11-14-18-43)37-64-58(53)56(54-52(38-63-57(54)55)44-19-15-12-16-20-44)62(48-31-23-42(24-32-48)40(3)4)50-35-27-46(28-36-50)60(8,9)10/h11-40H,1-10H3. The summed E-state index contributed by atoms with van der Waals surface area (Å²) in [7, 11) is 0. The molecule has 4 nitrogen and oxygen atoms in total. The van der Waals surface area contributed by atoms with Gasteiger partial charge >= 0.3 is 0 Å². The van der Waals surface area contributed by atoms with Crippen LogP contribution in [0.1, 0.15) is 103 Å². The van der Waals surface area contributed by atoms with Gasteiger partial charge in [0.05, 0.1) is 23.3 Å². The van der Waals surface area contributed by atoms with Crippen LogP contribution in [-0.4, -0.2) is 0 Å². The molecule has 0 atom stereocenters. The SMILES string of the molecule is CC(C)c1ccc(N(c2ccc(C(C)(C)C)cc2)c2c3occ(-c4ccccc4)c3c(N(c3ccc(C(C)C)cc3)c3ccc(C(C)(C)C)cc3)c3occ(-c4ccccc4)c23)cc1. The number of rotatable bonds is 10. The van der Waals surface area contributed by atoms with Crippen molar-refractivity contribution in [2.75, 3.05) is 9.80 Å². The highest BCUT2D eigenvalue weighted by molar-refractivity contribution is 6.26. The molecule has 322 valence electrons. The third-order valence-corrected chi connectivity index (χ3v) is 12.7. The van der Waals surface area contributed by atoms with Gasteiger partial charge in [0.25, 0.3) is 0 Å². The Morgan fingerprint density at radius 3 is 0.953 bits per heavy atom. The van der Waals surface area contributed by atoms with E-state index in [4.69, 9.17) is 8.83 Å². The molecule has 64 heavy (non-hydrogen) atoms. The van der Waals surface area contributed by atoms with Crippen molar-refractivity contribution in [1.29, 1.82) is 0 Å². The van der Waals surface area contributed by atoms with Crippen LogP contribution in [0, 0.1) is 0 Å². The Balaban J connectivity index is 1.46. The van der Waals surface area contributed by atoms with Crippen LogP contribution in [0.2, 0.25) is 0 Å². The Bertz CT molecular complexity index is 2800. The zero-order valence-corrected chi connectivity index (χ0v) is 39.0. The normalized spacial score (nSPS) is 12.2. The first-order valence-corrected chi connectivity index (χ1v) is 22.8. The number of benzene rings is 7. The minimum Gasteiger partial charge on any atom is -0.461 e. The van der Waals surface area contributed by atoms with Crippen molar-refractivity contribution in [2.24, 2.45) is 0 Å². The second kappa shape index (κ2) is 16.7. The van der Waals surface area contributed by atoms with Crippen molar-refractivity contribution < 1.29 is 8.83 Å². The summed E-state index contributed by atoms with van der Waals surface area (Å²) in [5.74, 6) is 0.780. The predicted octanol–water partition coefficient (Wildman–Crippen LogP) is 18.3. The lowest BCUT2D eigenvalue weighted by molar-refractivity contribution is 0.590. The van der Waals surface area contributed by atoms with E-state index >= 15 is 0 Å². The molecule has 0 aliphatic rings. The van der Waals surface area contributed by atoms with Crippen LogP contribution in [-0.2, 0) is 10.8 Å². The van der Waals surface area contributed by atoms with Crippen LogP contribution >= 0.6 is 0 Å². The molecular formula is C60H60N2O2. The molecule has 0 fully saturated rings. The molecule has 0 unspecified atom stereocenters. The second-order valence-corrected chi connectivity index (χ2v) is 19.9. The molecule has 7 aromatic carbocycles. The lowest BCUT2D eigenvalue weighted by Crippen LogP contribution is -2.15. The van der Waals surface area contributed by atoms with Gasteiger partial charge < -0.3 is 18.6 Å². The molecule has 0 aliphatic heterocycles. The van der Waals surface area contributed by atoms with Crippen molar-refractivity contribution in [3.05, 3.63) is 193 Å². The molecule has 0 saturated heterocycles. The fourth-order valence-corrected chi connectivity index (χ4v) is 8.90. The van der Waals surface area contributed by atoms with Gasteiger partial charge in [0.1, 0.15) is 11.4 Å². The maximum absolute atomic E-state index is 7.13. The van der Waals surface area contributed by atoms with E-state index in [1.807, 2.05) is 12.5 Å². The molecule has 0 aliphatic carbocycles. The molecule has 0 N–H and O–H groups in total. The Hall–Kier alpha value is -6.78. The Labute approximate surface area is 379 Å². The summed E-state index contributed by atoms with van der Waals surface area (Å²) in [5.41, 5.74) is 16.7. The quantitative estimate of drug-likeness (QED) is 0.128. The van der Waals surface area contributed by atoms with Crippen LogP contribution in [0.15, 0.2) is 179 Å². The summed E-state index contributed by atoms with van der Waals surface area (Å²) in [5, 5.41) is 1.93. The third-order valence-electron chi connectivity index (χ3n) is 12.7. The average Bonchev–Trinajstić information content (AvgIpc) is 3.94. The molecule has 2 aromatic heterocycles. The maximum Gasteiger partial charge on any atom is 0.161 e. The number of furan rings is 2. The number of hydrogen-bond acceptors (Lipinski definition) is 4. The first-order chi connectivity index (χ1) is 30.7. The third kappa shape index (κ3) is 7.91. The molecule has 9 rings (SSSR count). The Morgan fingerprint density at radius 2 is 0.672 bits per heavy atom. The fourth-order valence-electron chi connectivity index (χ4n) is 8.90. The molecule has 2 heterocycles. The van der Waals surface area contributed by atoms with E-state index < -0.39 is 0 Å². The molecule has 0 amide bonds. The van der Waals surface area contributed by atoms with Crippen molar-refractivity contribution in [2.45, 2.75) is 91.9 Å². The van der Waals surface area contributed by atoms with Crippen LogP contribution in [0.5, 0.6) is 0 Å². The van der Waals surface area contributed by atoms with Gasteiger partial charge in [-0.05, 0) is 105 Å². The summed E-state index contributed by atoms with van der Waals surface area (Å²) < 4.78 is 14.3. The van der Waals surface area contributed by atoms with E-state index in [0.717, 1.165) is 78.3 Å². The van der Waals surface area contributed by atoms with Gasteiger partial charge in [-0.3, -0.25) is 0 Å². The summed E-state index contributed by atoms with van der Waals surface area (Å²) in [6, 6.07) is 57.3. The lowest BCUT2D eigenvalue weighted by atomic mass is 9.87. The topological polar surface area (TPSA) is 32.8 Å². The molecule has 4 heteroatoms. The number of anilines is 6. The van der Waals surface area contributed by atoms with Gasteiger partial charge in [-0.2, -0.15) is 0 Å². The van der Waals surface area contributed by atoms with Gasteiger partial charge in [-0.1, -0.05) is 178 Å². The largest absolute Gasteiger partial charge is 0.461 e. The summed E-state index contributed by atoms with van der Waals surface area (Å²) in [6.07, 6.45) is 3.89. The molecule has 0 radical (unpaired) electrons. The predicted molar refractivity (Wildman–Crippen MR) is 272 cm³/mol. The first-order valence-electron chi connectivity index (χ1n) is 22.8. The van der Waals surface area contributed by atoms with Crippen LogP contribution in [0.4, 0.5) is 34.1 Å². The summed E-state index contributed by atoms with van der Waals surface area (Å²) >= 11 is 0. The number of nitrogens with zero attached hydrogens (tertiary/aromatic N) is 2. The highest BCUT2D eigenvalue weighted by atomic mass is 16.3. The van der Waals surface area contributed by atoms with Crippen molar-refractivity contribution in [3.8, 4) is 22.3 Å². The summed E-state index contributed by atoms with van der Waals surface area (Å²) in [6.45, 7) is 22.6. The molecule has 0 spiro atoms. The molecular weight excluding hydrogens is 781 g/mol. The van der Waals surface area contributed by atoms with Crippen molar-refractivity contribution >= 4 is 56.1 Å². The van der Waals surface area contributed by atoms with Gasteiger partial charge in [0, 0.05) is 33.9 Å². The van der Waals surface area contributed by atoms with Gasteiger partial charge in [-0.15, -0.1) is 0 Å². The van der Waals surface area contributed by atoms with E-state index in [1.54, 1.807) is 0 Å². The number of fused-ring (bicyclic) bond motifs is 2. The highest BCUT2D eigenvalue weighted by Gasteiger charge is 2.33. The molecule has 9 aromatic rings. The average molecular weight is 841 g/mol. The second-order valence-electron chi connectivity index (χ2n) is 19.9. The fraction of sp³-hybridized carbons (Fsp3) is 0.233. The van der Waals surface area contributed by atoms with Crippen molar-refractivity contribution in [3.63, 3.8) is 0 Å². The van der Waals surface area contributed by atoms with E-state index in [0.29, 0.717) is 11.8 Å². The van der Waals surface area contributed by atoms with E-state index in [-0.39, 0.29) is 10.8 Å². The van der Waals surface area contributed by atoms with Crippen molar-refractivity contribution in [1.82, 2.24) is 0 Å². The Kier molecular flexibility index (Phi) is 11.1. The van der Waals surface area contributed by atoms with Crippen LogP contribution < -0.4 is 9.80 Å². The lowest BCUT2D eigenvalue weighted by Gasteiger charge is -2.31. The van der Waals surface area contributed by atoms with Crippen LogP contribution in [0.25, 0.3) is 44.2 Å². The van der Waals surface area contributed by atoms with E-state index in [2.05, 4.69) is 237 Å². The van der Waals surface area contributed by atoms with Crippen LogP contribution in [0.3, 0.4) is 0 Å². The van der Waals surface area contributed by atoms with Gasteiger partial charge in [-0.25, -0.2) is 0 Å². The maximum atomic E-state index is 7.13. The van der Waals surface area contributed by atoms with E-state index in [1.165, 1.54) is 22.3 Å². The minimum atomic E-state index is -0.0109. The smallest absolute Gasteiger partial charge is 0.161 e. The monoisotopic (exact) mass is 840 g/mol. The van der Waals surface area contributed by atoms with Gasteiger partial charge in [0.2, 0.25) is 0 Å². The molecule has 0 bridgehead atoms. The Morgan fingerprint density at radius 1 is 0.375 bits per heavy atom. The molecule has 0 saturated carbocycles. The summed E-state index contributed by atoms with van der Waals surface area (Å²) in [4.78, 5) is 4.76. The van der Waals surface area contributed by atoms with Gasteiger partial charge in [0.15, 0.2) is 11.2 Å². The zero-order valence-electron chi connectivity index (χ0n) is 39.0. The van der Waals surface area contributed by atoms with E-state index in [9.17, 15) is 0 Å². The zero-order chi connectivity index (χ0) is 44.9. The minimum absolute atomic E-state index is 0.0109.